The van der Waals surface area contributed by atoms with E-state index in [1.807, 2.05) is 0 Å². The molecule has 14 heavy (non-hydrogen) atoms. The fourth-order valence-electron chi connectivity index (χ4n) is 2.19. The lowest BCUT2D eigenvalue weighted by atomic mass is 9.83. The highest BCUT2D eigenvalue weighted by Gasteiger charge is 2.36. The highest BCUT2D eigenvalue weighted by Crippen LogP contribution is 2.42. The first-order valence-corrected chi connectivity index (χ1v) is 7.14. The fourth-order valence-corrected chi connectivity index (χ4v) is 3.12. The molecule has 1 atom stereocenters. The topological polar surface area (TPSA) is 12.0 Å². The zero-order valence-corrected chi connectivity index (χ0v) is 10.9. The summed E-state index contributed by atoms with van der Waals surface area (Å²) in [5.41, 5.74) is 0. The standard InChI is InChI=1S/C12H25NS/c1-5-11(10(2)3)13-9-12(14-4)7-6-8-12/h10-11,13H,5-9H2,1-4H3. The van der Waals surface area contributed by atoms with Crippen LogP contribution in [0.4, 0.5) is 0 Å². The Labute approximate surface area is 93.4 Å². The third-order valence-electron chi connectivity index (χ3n) is 3.63. The first-order chi connectivity index (χ1) is 6.63. The lowest BCUT2D eigenvalue weighted by Crippen LogP contribution is -2.47. The second kappa shape index (κ2) is 5.41. The maximum Gasteiger partial charge on any atom is 0.0281 e. The maximum atomic E-state index is 3.74. The molecule has 0 spiro atoms. The molecule has 1 saturated carbocycles. The number of rotatable bonds is 6. The van der Waals surface area contributed by atoms with Gasteiger partial charge in [-0.15, -0.1) is 0 Å². The zero-order valence-electron chi connectivity index (χ0n) is 10.1. The van der Waals surface area contributed by atoms with E-state index in [-0.39, 0.29) is 0 Å². The summed E-state index contributed by atoms with van der Waals surface area (Å²) >= 11 is 2.06. The minimum atomic E-state index is 0.586. The Morgan fingerprint density at radius 3 is 2.29 bits per heavy atom. The highest BCUT2D eigenvalue weighted by molar-refractivity contribution is 8.00. The number of nitrogens with one attached hydrogen (secondary N) is 1. The van der Waals surface area contributed by atoms with Gasteiger partial charge in [0, 0.05) is 17.3 Å². The molecule has 1 fully saturated rings. The molecule has 0 bridgehead atoms. The van der Waals surface area contributed by atoms with Crippen molar-refractivity contribution in [3.05, 3.63) is 0 Å². The third kappa shape index (κ3) is 2.90. The molecule has 0 aromatic rings. The van der Waals surface area contributed by atoms with E-state index >= 15 is 0 Å². The van der Waals surface area contributed by atoms with Crippen LogP contribution in [0.25, 0.3) is 0 Å². The quantitative estimate of drug-likeness (QED) is 0.729. The van der Waals surface area contributed by atoms with Gasteiger partial charge in [-0.3, -0.25) is 0 Å². The lowest BCUT2D eigenvalue weighted by molar-refractivity contribution is 0.302. The summed E-state index contributed by atoms with van der Waals surface area (Å²) in [4.78, 5) is 0. The molecule has 0 heterocycles. The van der Waals surface area contributed by atoms with Gasteiger partial charge in [0.15, 0.2) is 0 Å². The SMILES string of the molecule is CCC(NCC1(SC)CCC1)C(C)C. The van der Waals surface area contributed by atoms with E-state index in [1.165, 1.54) is 32.2 Å². The van der Waals surface area contributed by atoms with E-state index in [0.29, 0.717) is 10.8 Å². The predicted molar refractivity (Wildman–Crippen MR) is 67.0 cm³/mol. The fraction of sp³-hybridized carbons (Fsp3) is 1.00. The van der Waals surface area contributed by atoms with Crippen LogP contribution >= 0.6 is 11.8 Å². The molecule has 2 heteroatoms. The van der Waals surface area contributed by atoms with Gasteiger partial charge in [0.25, 0.3) is 0 Å². The van der Waals surface area contributed by atoms with Crippen molar-refractivity contribution >= 4 is 11.8 Å². The van der Waals surface area contributed by atoms with Gasteiger partial charge >= 0.3 is 0 Å². The molecule has 1 unspecified atom stereocenters. The van der Waals surface area contributed by atoms with Crippen molar-refractivity contribution in [1.29, 1.82) is 0 Å². The molecule has 0 saturated heterocycles. The minimum absolute atomic E-state index is 0.586. The summed E-state index contributed by atoms with van der Waals surface area (Å²) in [6, 6.07) is 0.708. The van der Waals surface area contributed by atoms with Crippen molar-refractivity contribution in [2.24, 2.45) is 5.92 Å². The normalized spacial score (nSPS) is 22.1. The molecule has 1 rings (SSSR count). The minimum Gasteiger partial charge on any atom is -0.312 e. The Hall–Kier alpha value is 0.310. The molecular weight excluding hydrogens is 190 g/mol. The monoisotopic (exact) mass is 215 g/mol. The van der Waals surface area contributed by atoms with Gasteiger partial charge in [0.1, 0.15) is 0 Å². The summed E-state index contributed by atoms with van der Waals surface area (Å²) < 4.78 is 0.586. The van der Waals surface area contributed by atoms with Crippen LogP contribution in [0.5, 0.6) is 0 Å². The van der Waals surface area contributed by atoms with Crippen LogP contribution in [0.1, 0.15) is 46.5 Å². The molecule has 0 aromatic heterocycles. The second-order valence-corrected chi connectivity index (χ2v) is 6.15. The summed E-state index contributed by atoms with van der Waals surface area (Å²) in [5, 5.41) is 3.74. The summed E-state index contributed by atoms with van der Waals surface area (Å²) in [5.74, 6) is 0.763. The lowest BCUT2D eigenvalue weighted by Gasteiger charge is -2.42. The van der Waals surface area contributed by atoms with Gasteiger partial charge in [0.05, 0.1) is 0 Å². The van der Waals surface area contributed by atoms with Crippen molar-refractivity contribution in [3.63, 3.8) is 0 Å². The molecule has 84 valence electrons. The number of thioether (sulfide) groups is 1. The van der Waals surface area contributed by atoms with Crippen LogP contribution in [-0.2, 0) is 0 Å². The van der Waals surface area contributed by atoms with Crippen LogP contribution in [0.15, 0.2) is 0 Å². The first-order valence-electron chi connectivity index (χ1n) is 5.92. The average molecular weight is 215 g/mol. The van der Waals surface area contributed by atoms with E-state index in [9.17, 15) is 0 Å². The predicted octanol–water partition coefficient (Wildman–Crippen LogP) is 3.30. The molecule has 1 nitrogen and oxygen atoms in total. The van der Waals surface area contributed by atoms with Crippen LogP contribution in [0.2, 0.25) is 0 Å². The Kier molecular flexibility index (Phi) is 4.78. The van der Waals surface area contributed by atoms with Crippen LogP contribution < -0.4 is 5.32 Å². The molecule has 1 N–H and O–H groups in total. The van der Waals surface area contributed by atoms with Gasteiger partial charge in [0.2, 0.25) is 0 Å². The van der Waals surface area contributed by atoms with Gasteiger partial charge < -0.3 is 5.32 Å². The Morgan fingerprint density at radius 2 is 2.00 bits per heavy atom. The van der Waals surface area contributed by atoms with Crippen molar-refractivity contribution in [2.75, 3.05) is 12.8 Å². The van der Waals surface area contributed by atoms with E-state index in [1.54, 1.807) is 0 Å². The summed E-state index contributed by atoms with van der Waals surface area (Å²) in [6.07, 6.45) is 7.77. The molecule has 1 aliphatic carbocycles. The zero-order chi connectivity index (χ0) is 10.6. The Bertz CT molecular complexity index is 158. The van der Waals surface area contributed by atoms with E-state index < -0.39 is 0 Å². The van der Waals surface area contributed by atoms with Crippen molar-refractivity contribution in [2.45, 2.75) is 57.2 Å². The average Bonchev–Trinajstić information content (AvgIpc) is 2.09. The highest BCUT2D eigenvalue weighted by atomic mass is 32.2. The molecule has 0 radical (unpaired) electrons. The van der Waals surface area contributed by atoms with E-state index in [4.69, 9.17) is 0 Å². The molecule has 1 aliphatic rings. The number of hydrogen-bond acceptors (Lipinski definition) is 2. The summed E-state index contributed by atoms with van der Waals surface area (Å²) in [6.45, 7) is 8.12. The van der Waals surface area contributed by atoms with Gasteiger partial charge in [-0.2, -0.15) is 11.8 Å². The Morgan fingerprint density at radius 1 is 1.36 bits per heavy atom. The van der Waals surface area contributed by atoms with Crippen LogP contribution in [-0.4, -0.2) is 23.6 Å². The van der Waals surface area contributed by atoms with Gasteiger partial charge in [-0.1, -0.05) is 27.2 Å². The van der Waals surface area contributed by atoms with E-state index in [2.05, 4.69) is 44.1 Å². The molecule has 0 aliphatic heterocycles. The van der Waals surface area contributed by atoms with Crippen molar-refractivity contribution in [3.8, 4) is 0 Å². The molecule has 0 amide bonds. The Balaban J connectivity index is 2.30. The van der Waals surface area contributed by atoms with Gasteiger partial charge in [-0.05, 0) is 31.4 Å². The number of hydrogen-bond donors (Lipinski definition) is 1. The van der Waals surface area contributed by atoms with Crippen LogP contribution in [0.3, 0.4) is 0 Å². The third-order valence-corrected chi connectivity index (χ3v) is 5.05. The second-order valence-electron chi connectivity index (χ2n) is 4.88. The molecular formula is C12H25NS. The molecule has 0 aromatic carbocycles. The maximum absolute atomic E-state index is 3.74. The largest absolute Gasteiger partial charge is 0.312 e. The first kappa shape index (κ1) is 12.4. The van der Waals surface area contributed by atoms with Crippen molar-refractivity contribution in [1.82, 2.24) is 5.32 Å². The smallest absolute Gasteiger partial charge is 0.0281 e. The van der Waals surface area contributed by atoms with E-state index in [0.717, 1.165) is 5.92 Å². The van der Waals surface area contributed by atoms with Crippen molar-refractivity contribution < 1.29 is 0 Å². The van der Waals surface area contributed by atoms with Gasteiger partial charge in [-0.25, -0.2) is 0 Å². The summed E-state index contributed by atoms with van der Waals surface area (Å²) in [7, 11) is 0. The van der Waals surface area contributed by atoms with Crippen LogP contribution in [0, 0.1) is 5.92 Å².